The molecule has 1 aromatic rings. The number of sulfonamides is 1. The average molecular weight is 368 g/mol. The Morgan fingerprint density at radius 2 is 2.04 bits per heavy atom. The van der Waals surface area contributed by atoms with E-state index in [0.29, 0.717) is 23.8 Å². The first kappa shape index (κ1) is 18.2. The second-order valence-electron chi connectivity index (χ2n) is 6.68. The normalized spacial score (nSPS) is 28.1. The van der Waals surface area contributed by atoms with Gasteiger partial charge in [-0.05, 0) is 30.7 Å². The summed E-state index contributed by atoms with van der Waals surface area (Å²) in [4.78, 5) is 12.5. The van der Waals surface area contributed by atoms with Gasteiger partial charge >= 0.3 is 0 Å². The average Bonchev–Trinajstić information content (AvgIpc) is 3.00. The lowest BCUT2D eigenvalue weighted by Gasteiger charge is -2.47. The van der Waals surface area contributed by atoms with E-state index in [1.807, 2.05) is 0 Å². The zero-order chi connectivity index (χ0) is 18.2. The maximum Gasteiger partial charge on any atom is 0.251 e. The first-order valence-electron chi connectivity index (χ1n) is 8.28. The van der Waals surface area contributed by atoms with E-state index >= 15 is 0 Å². The van der Waals surface area contributed by atoms with Crippen molar-refractivity contribution in [3.63, 3.8) is 0 Å². The van der Waals surface area contributed by atoms with Gasteiger partial charge in [-0.3, -0.25) is 9.10 Å². The van der Waals surface area contributed by atoms with Gasteiger partial charge in [-0.25, -0.2) is 8.42 Å². The molecule has 8 heteroatoms. The summed E-state index contributed by atoms with van der Waals surface area (Å²) in [5.41, 5.74) is 1.02. The molecule has 138 valence electrons. The van der Waals surface area contributed by atoms with Crippen LogP contribution in [0.1, 0.15) is 16.8 Å². The molecule has 4 unspecified atom stereocenters. The lowest BCUT2D eigenvalue weighted by Crippen LogP contribution is -2.62. The van der Waals surface area contributed by atoms with Crippen molar-refractivity contribution in [1.82, 2.24) is 5.32 Å². The molecule has 4 atom stereocenters. The van der Waals surface area contributed by atoms with Gasteiger partial charge < -0.3 is 14.8 Å². The van der Waals surface area contributed by atoms with Crippen molar-refractivity contribution in [1.29, 1.82) is 0 Å². The number of amides is 1. The van der Waals surface area contributed by atoms with E-state index in [9.17, 15) is 13.2 Å². The monoisotopic (exact) mass is 368 g/mol. The third-order valence-corrected chi connectivity index (χ3v) is 6.38. The fourth-order valence-electron chi connectivity index (χ4n) is 3.68. The Morgan fingerprint density at radius 1 is 1.36 bits per heavy atom. The van der Waals surface area contributed by atoms with Crippen LogP contribution in [-0.2, 0) is 19.5 Å². The number of rotatable bonds is 6. The van der Waals surface area contributed by atoms with Crippen LogP contribution in [0.15, 0.2) is 24.3 Å². The minimum atomic E-state index is -3.32. The van der Waals surface area contributed by atoms with Crippen LogP contribution in [0.3, 0.4) is 0 Å². The van der Waals surface area contributed by atoms with E-state index in [4.69, 9.17) is 9.47 Å². The fraction of sp³-hybridized carbons (Fsp3) is 0.588. The van der Waals surface area contributed by atoms with E-state index < -0.39 is 10.0 Å². The van der Waals surface area contributed by atoms with Crippen molar-refractivity contribution in [3.8, 4) is 0 Å². The number of anilines is 1. The van der Waals surface area contributed by atoms with Crippen molar-refractivity contribution in [2.45, 2.75) is 18.6 Å². The molecular formula is C17H24N2O5S. The first-order chi connectivity index (χ1) is 11.8. The summed E-state index contributed by atoms with van der Waals surface area (Å²) in [6, 6.07) is 6.59. The molecule has 25 heavy (non-hydrogen) atoms. The van der Waals surface area contributed by atoms with E-state index in [-0.39, 0.29) is 24.0 Å². The Morgan fingerprint density at radius 3 is 2.64 bits per heavy atom. The van der Waals surface area contributed by atoms with Gasteiger partial charge in [0.1, 0.15) is 0 Å². The van der Waals surface area contributed by atoms with E-state index in [1.165, 1.54) is 11.4 Å². The molecule has 0 aromatic heterocycles. The minimum Gasteiger partial charge on any atom is -0.384 e. The molecule has 1 heterocycles. The van der Waals surface area contributed by atoms with Crippen LogP contribution in [-0.4, -0.2) is 60.1 Å². The molecule has 1 saturated carbocycles. The number of carbonyl (C=O) groups excluding carboxylic acids is 1. The lowest BCUT2D eigenvalue weighted by molar-refractivity contribution is -0.0809. The number of benzene rings is 1. The summed E-state index contributed by atoms with van der Waals surface area (Å²) >= 11 is 0. The van der Waals surface area contributed by atoms with Crippen LogP contribution in [0.2, 0.25) is 0 Å². The summed E-state index contributed by atoms with van der Waals surface area (Å²) in [6.07, 6.45) is 2.27. The highest BCUT2D eigenvalue weighted by molar-refractivity contribution is 7.92. The van der Waals surface area contributed by atoms with Crippen LogP contribution < -0.4 is 9.62 Å². The zero-order valence-corrected chi connectivity index (χ0v) is 15.5. The van der Waals surface area contributed by atoms with E-state index in [0.717, 1.165) is 19.3 Å². The highest BCUT2D eigenvalue weighted by Crippen LogP contribution is 2.43. The number of nitrogens with one attached hydrogen (secondary N) is 1. The quantitative estimate of drug-likeness (QED) is 0.805. The minimum absolute atomic E-state index is 0.0540. The summed E-state index contributed by atoms with van der Waals surface area (Å²) in [6.45, 7) is 1.29. The second-order valence-corrected chi connectivity index (χ2v) is 8.70. The standard InChI is InChI=1S/C17H24N2O5S/c1-19(25(3,21)22)12-6-4-11(5-7-12)17(20)18-15-13-8-9-24-16(13)14(15)10-23-2/h4-7,13-16H,8-10H2,1-3H3,(H,18,20). The Balaban J connectivity index is 1.67. The third-order valence-electron chi connectivity index (χ3n) is 5.18. The molecule has 0 bridgehead atoms. The van der Waals surface area contributed by atoms with Crippen molar-refractivity contribution in [2.24, 2.45) is 11.8 Å². The van der Waals surface area contributed by atoms with Gasteiger partial charge in [-0.15, -0.1) is 0 Å². The molecule has 1 aromatic carbocycles. The SMILES string of the molecule is COCC1C(NC(=O)c2ccc(N(C)S(C)(=O)=O)cc2)C2CCOC21. The molecule has 2 fully saturated rings. The van der Waals surface area contributed by atoms with Crippen molar-refractivity contribution >= 4 is 21.6 Å². The van der Waals surface area contributed by atoms with Gasteiger partial charge in [0.25, 0.3) is 5.91 Å². The van der Waals surface area contributed by atoms with Gasteiger partial charge in [-0.2, -0.15) is 0 Å². The molecule has 1 aliphatic heterocycles. The van der Waals surface area contributed by atoms with Crippen molar-refractivity contribution < 1.29 is 22.7 Å². The first-order valence-corrected chi connectivity index (χ1v) is 10.1. The Bertz CT molecular complexity index is 734. The topological polar surface area (TPSA) is 84.9 Å². The Labute approximate surface area is 148 Å². The third kappa shape index (κ3) is 3.51. The number of hydrogen-bond donors (Lipinski definition) is 1. The van der Waals surface area contributed by atoms with Gasteiger partial charge in [-0.1, -0.05) is 0 Å². The highest BCUT2D eigenvalue weighted by atomic mass is 32.2. The summed E-state index contributed by atoms with van der Waals surface area (Å²) in [5.74, 6) is 0.363. The molecule has 7 nitrogen and oxygen atoms in total. The van der Waals surface area contributed by atoms with Crippen LogP contribution >= 0.6 is 0 Å². The van der Waals surface area contributed by atoms with Gasteiger partial charge in [0.15, 0.2) is 0 Å². The molecule has 1 amide bonds. The van der Waals surface area contributed by atoms with E-state index in [2.05, 4.69) is 5.32 Å². The summed E-state index contributed by atoms with van der Waals surface area (Å²) in [7, 11) is -0.190. The van der Waals surface area contributed by atoms with Gasteiger partial charge in [0.2, 0.25) is 10.0 Å². The Kier molecular flexibility index (Phi) is 5.04. The van der Waals surface area contributed by atoms with E-state index in [1.54, 1.807) is 31.4 Å². The molecule has 0 spiro atoms. The number of nitrogens with zero attached hydrogens (tertiary/aromatic N) is 1. The highest BCUT2D eigenvalue weighted by Gasteiger charge is 2.54. The molecule has 3 rings (SSSR count). The molecular weight excluding hydrogens is 344 g/mol. The van der Waals surface area contributed by atoms with Gasteiger partial charge in [0, 0.05) is 44.2 Å². The predicted molar refractivity (Wildman–Crippen MR) is 94.2 cm³/mol. The van der Waals surface area contributed by atoms with Crippen molar-refractivity contribution in [2.75, 3.05) is 37.9 Å². The summed E-state index contributed by atoms with van der Waals surface area (Å²) < 4.78 is 35.3. The number of methoxy groups -OCH3 is 1. The second kappa shape index (κ2) is 6.93. The van der Waals surface area contributed by atoms with Crippen molar-refractivity contribution in [3.05, 3.63) is 29.8 Å². The van der Waals surface area contributed by atoms with Crippen LogP contribution in [0.5, 0.6) is 0 Å². The predicted octanol–water partition coefficient (Wildman–Crippen LogP) is 0.862. The maximum atomic E-state index is 12.5. The fourth-order valence-corrected chi connectivity index (χ4v) is 4.19. The molecule has 2 aliphatic rings. The molecule has 1 N–H and O–H groups in total. The maximum absolute atomic E-state index is 12.5. The number of carbonyl (C=O) groups is 1. The number of fused-ring (bicyclic) bond motifs is 1. The number of hydrogen-bond acceptors (Lipinski definition) is 5. The van der Waals surface area contributed by atoms with Crippen LogP contribution in [0.25, 0.3) is 0 Å². The van der Waals surface area contributed by atoms with Crippen LogP contribution in [0.4, 0.5) is 5.69 Å². The smallest absolute Gasteiger partial charge is 0.251 e. The molecule has 0 radical (unpaired) electrons. The summed E-state index contributed by atoms with van der Waals surface area (Å²) in [5, 5.41) is 3.09. The Hall–Kier alpha value is -1.64. The largest absolute Gasteiger partial charge is 0.384 e. The van der Waals surface area contributed by atoms with Gasteiger partial charge in [0.05, 0.1) is 24.7 Å². The number of ether oxygens (including phenoxy) is 2. The lowest BCUT2D eigenvalue weighted by atomic mass is 9.67. The molecule has 1 saturated heterocycles. The molecule has 1 aliphatic carbocycles. The zero-order valence-electron chi connectivity index (χ0n) is 14.6. The van der Waals surface area contributed by atoms with Crippen LogP contribution in [0, 0.1) is 11.8 Å².